The normalized spacial score (nSPS) is 10.8. The third kappa shape index (κ3) is 2.16. The minimum Gasteiger partial charge on any atom is -0.283 e. The van der Waals surface area contributed by atoms with Crippen LogP contribution < -0.4 is 4.90 Å². The van der Waals surface area contributed by atoms with Crippen LogP contribution in [0.4, 0.5) is 18.9 Å². The van der Waals surface area contributed by atoms with Crippen LogP contribution in [0.5, 0.6) is 0 Å². The summed E-state index contributed by atoms with van der Waals surface area (Å²) in [6, 6.07) is 4.61. The van der Waals surface area contributed by atoms with Crippen molar-refractivity contribution >= 4 is 5.69 Å². The van der Waals surface area contributed by atoms with Gasteiger partial charge in [0.25, 0.3) is 0 Å². The molecule has 2 nitrogen and oxygen atoms in total. The number of halogens is 3. The number of hydrogen-bond acceptors (Lipinski definition) is 2. The van der Waals surface area contributed by atoms with E-state index in [1.807, 2.05) is 0 Å². The lowest BCUT2D eigenvalue weighted by atomic mass is 10.2. The summed E-state index contributed by atoms with van der Waals surface area (Å²) in [6.45, 7) is 0. The lowest BCUT2D eigenvalue weighted by Crippen LogP contribution is -2.10. The zero-order chi connectivity index (χ0) is 10.8. The zero-order valence-corrected chi connectivity index (χ0v) is 7.34. The van der Waals surface area contributed by atoms with Crippen LogP contribution in [0, 0.1) is 11.5 Å². The topological polar surface area (TPSA) is 27.0 Å². The standard InChI is InChI=1S/C9H7F3N2/c1-14(6-13)8-4-2-3-7(5-8)9(10,11)12/h2-5H,1H3. The summed E-state index contributed by atoms with van der Waals surface area (Å²) in [5, 5.41) is 8.48. The van der Waals surface area contributed by atoms with Gasteiger partial charge in [-0.1, -0.05) is 6.07 Å². The van der Waals surface area contributed by atoms with E-state index in [9.17, 15) is 13.2 Å². The highest BCUT2D eigenvalue weighted by Crippen LogP contribution is 2.31. The fourth-order valence-electron chi connectivity index (χ4n) is 0.949. The molecule has 0 bridgehead atoms. The SMILES string of the molecule is CN(C#N)c1cccc(C(F)(F)F)c1. The molecule has 0 saturated heterocycles. The molecule has 0 amide bonds. The van der Waals surface area contributed by atoms with Gasteiger partial charge in [0.15, 0.2) is 6.19 Å². The van der Waals surface area contributed by atoms with Crippen LogP contribution in [0.3, 0.4) is 0 Å². The lowest BCUT2D eigenvalue weighted by Gasteiger charge is -2.11. The van der Waals surface area contributed by atoms with E-state index in [0.29, 0.717) is 0 Å². The molecule has 1 aromatic carbocycles. The van der Waals surface area contributed by atoms with E-state index in [0.717, 1.165) is 17.0 Å². The Kier molecular flexibility index (Phi) is 2.65. The molecule has 0 fully saturated rings. The van der Waals surface area contributed by atoms with E-state index in [1.54, 1.807) is 6.19 Å². The molecule has 0 spiro atoms. The second kappa shape index (κ2) is 3.58. The van der Waals surface area contributed by atoms with Crippen molar-refractivity contribution in [3.63, 3.8) is 0 Å². The Morgan fingerprint density at radius 2 is 2.00 bits per heavy atom. The van der Waals surface area contributed by atoms with Crippen LogP contribution in [-0.4, -0.2) is 7.05 Å². The second-order valence-corrected chi connectivity index (χ2v) is 2.71. The molecule has 0 aliphatic rings. The van der Waals surface area contributed by atoms with Crippen molar-refractivity contribution in [2.75, 3.05) is 11.9 Å². The van der Waals surface area contributed by atoms with Crippen molar-refractivity contribution < 1.29 is 13.2 Å². The number of nitriles is 1. The number of alkyl halides is 3. The highest BCUT2D eigenvalue weighted by atomic mass is 19.4. The molecule has 0 radical (unpaired) electrons. The molecule has 74 valence electrons. The highest BCUT2D eigenvalue weighted by molar-refractivity contribution is 5.51. The van der Waals surface area contributed by atoms with E-state index in [2.05, 4.69) is 0 Å². The minimum absolute atomic E-state index is 0.224. The predicted molar refractivity (Wildman–Crippen MR) is 45.5 cm³/mol. The van der Waals surface area contributed by atoms with E-state index >= 15 is 0 Å². The number of rotatable bonds is 1. The third-order valence-electron chi connectivity index (χ3n) is 1.71. The first-order valence-electron chi connectivity index (χ1n) is 3.76. The van der Waals surface area contributed by atoms with Crippen molar-refractivity contribution in [1.82, 2.24) is 0 Å². The fourth-order valence-corrected chi connectivity index (χ4v) is 0.949. The summed E-state index contributed by atoms with van der Waals surface area (Å²) < 4.78 is 36.7. The summed E-state index contributed by atoms with van der Waals surface area (Å²) >= 11 is 0. The average molecular weight is 200 g/mol. The first-order valence-corrected chi connectivity index (χ1v) is 3.76. The summed E-state index contributed by atoms with van der Waals surface area (Å²) in [5.74, 6) is 0. The Hall–Kier alpha value is -1.70. The first kappa shape index (κ1) is 10.4. The van der Waals surface area contributed by atoms with Crippen LogP contribution in [-0.2, 0) is 6.18 Å². The van der Waals surface area contributed by atoms with Crippen LogP contribution in [0.25, 0.3) is 0 Å². The van der Waals surface area contributed by atoms with Crippen molar-refractivity contribution in [2.45, 2.75) is 6.18 Å². The molecular formula is C9H7F3N2. The van der Waals surface area contributed by atoms with Crippen molar-refractivity contribution in [3.05, 3.63) is 29.8 Å². The van der Waals surface area contributed by atoms with Gasteiger partial charge in [0.05, 0.1) is 11.3 Å². The molecule has 0 atom stereocenters. The van der Waals surface area contributed by atoms with Crippen molar-refractivity contribution in [2.24, 2.45) is 0 Å². The Bertz CT molecular complexity index is 365. The predicted octanol–water partition coefficient (Wildman–Crippen LogP) is 2.62. The van der Waals surface area contributed by atoms with Gasteiger partial charge >= 0.3 is 6.18 Å². The lowest BCUT2D eigenvalue weighted by molar-refractivity contribution is -0.137. The Morgan fingerprint density at radius 3 is 2.50 bits per heavy atom. The number of benzene rings is 1. The second-order valence-electron chi connectivity index (χ2n) is 2.71. The molecule has 0 unspecified atom stereocenters. The number of hydrogen-bond donors (Lipinski definition) is 0. The summed E-state index contributed by atoms with van der Waals surface area (Å²) in [7, 11) is 1.40. The van der Waals surface area contributed by atoms with Gasteiger partial charge < -0.3 is 0 Å². The van der Waals surface area contributed by atoms with Crippen LogP contribution in [0.1, 0.15) is 5.56 Å². The Morgan fingerprint density at radius 1 is 1.36 bits per heavy atom. The molecule has 1 rings (SSSR count). The summed E-state index contributed by atoms with van der Waals surface area (Å²) in [5.41, 5.74) is -0.528. The highest BCUT2D eigenvalue weighted by Gasteiger charge is 2.30. The van der Waals surface area contributed by atoms with Gasteiger partial charge in [-0.25, -0.2) is 0 Å². The summed E-state index contributed by atoms with van der Waals surface area (Å²) in [4.78, 5) is 1.06. The number of nitrogens with zero attached hydrogens (tertiary/aromatic N) is 2. The van der Waals surface area contributed by atoms with Gasteiger partial charge in [0.1, 0.15) is 0 Å². The fraction of sp³-hybridized carbons (Fsp3) is 0.222. The van der Waals surface area contributed by atoms with Gasteiger partial charge in [0.2, 0.25) is 0 Å². The quantitative estimate of drug-likeness (QED) is 0.514. The zero-order valence-electron chi connectivity index (χ0n) is 7.34. The van der Waals surface area contributed by atoms with E-state index in [1.165, 1.54) is 19.2 Å². The molecule has 0 heterocycles. The molecule has 0 saturated carbocycles. The molecule has 5 heteroatoms. The maximum atomic E-state index is 12.2. The summed E-state index contributed by atoms with van der Waals surface area (Å²) in [6.07, 6.45) is -2.64. The van der Waals surface area contributed by atoms with Crippen LogP contribution in [0.2, 0.25) is 0 Å². The molecule has 14 heavy (non-hydrogen) atoms. The largest absolute Gasteiger partial charge is 0.416 e. The molecule has 0 N–H and O–H groups in total. The van der Waals surface area contributed by atoms with Crippen LogP contribution >= 0.6 is 0 Å². The van der Waals surface area contributed by atoms with E-state index in [-0.39, 0.29) is 5.69 Å². The van der Waals surface area contributed by atoms with Gasteiger partial charge in [-0.15, -0.1) is 0 Å². The van der Waals surface area contributed by atoms with Gasteiger partial charge in [0, 0.05) is 7.05 Å². The maximum absolute atomic E-state index is 12.2. The Balaban J connectivity index is 3.09. The minimum atomic E-state index is -4.37. The average Bonchev–Trinajstić information content (AvgIpc) is 2.15. The Labute approximate surface area is 79.2 Å². The van der Waals surface area contributed by atoms with Gasteiger partial charge in [-0.05, 0) is 18.2 Å². The van der Waals surface area contributed by atoms with E-state index in [4.69, 9.17) is 5.26 Å². The maximum Gasteiger partial charge on any atom is 0.416 e. The van der Waals surface area contributed by atoms with Gasteiger partial charge in [-0.3, -0.25) is 4.90 Å². The third-order valence-corrected chi connectivity index (χ3v) is 1.71. The van der Waals surface area contributed by atoms with Gasteiger partial charge in [-0.2, -0.15) is 18.4 Å². The number of anilines is 1. The monoisotopic (exact) mass is 200 g/mol. The molecule has 0 aromatic heterocycles. The van der Waals surface area contributed by atoms with Crippen molar-refractivity contribution in [1.29, 1.82) is 5.26 Å². The first-order chi connectivity index (χ1) is 6.45. The van der Waals surface area contributed by atoms with Crippen LogP contribution in [0.15, 0.2) is 24.3 Å². The van der Waals surface area contributed by atoms with Crippen molar-refractivity contribution in [3.8, 4) is 6.19 Å². The molecule has 1 aromatic rings. The molecule has 0 aliphatic carbocycles. The van der Waals surface area contributed by atoms with E-state index < -0.39 is 11.7 Å². The molecule has 0 aliphatic heterocycles. The molecular weight excluding hydrogens is 193 g/mol. The smallest absolute Gasteiger partial charge is 0.283 e.